The molecule has 0 spiro atoms. The highest BCUT2D eigenvalue weighted by Crippen LogP contribution is 2.28. The second kappa shape index (κ2) is 5.57. The standard InChI is InChI=1S/C14H22N2OS/c1-9(2)11-7-6-10(8-12(11)17)15-13(18)16-14(3,4)5/h6-9,17H,1-5H3,(H2,15,16,18). The molecule has 0 bridgehead atoms. The molecule has 3 nitrogen and oxygen atoms in total. The first-order valence-corrected chi connectivity index (χ1v) is 6.52. The minimum Gasteiger partial charge on any atom is -0.508 e. The van der Waals surface area contributed by atoms with Gasteiger partial charge < -0.3 is 15.7 Å². The normalized spacial score (nSPS) is 11.4. The summed E-state index contributed by atoms with van der Waals surface area (Å²) >= 11 is 5.21. The minimum absolute atomic E-state index is 0.0794. The summed E-state index contributed by atoms with van der Waals surface area (Å²) in [5.41, 5.74) is 1.65. The van der Waals surface area contributed by atoms with E-state index in [1.807, 2.05) is 46.8 Å². The van der Waals surface area contributed by atoms with Crippen LogP contribution < -0.4 is 10.6 Å². The second-order valence-corrected chi connectivity index (χ2v) is 6.17. The molecule has 3 N–H and O–H groups in total. The molecular formula is C14H22N2OS. The lowest BCUT2D eigenvalue weighted by atomic mass is 10.0. The Morgan fingerprint density at radius 2 is 1.89 bits per heavy atom. The zero-order chi connectivity index (χ0) is 13.9. The number of thiocarbonyl (C=S) groups is 1. The lowest BCUT2D eigenvalue weighted by Crippen LogP contribution is -2.42. The molecule has 0 atom stereocenters. The summed E-state index contributed by atoms with van der Waals surface area (Å²) in [4.78, 5) is 0. The van der Waals surface area contributed by atoms with E-state index in [4.69, 9.17) is 12.2 Å². The van der Waals surface area contributed by atoms with Gasteiger partial charge in [-0.3, -0.25) is 0 Å². The molecule has 0 aromatic heterocycles. The van der Waals surface area contributed by atoms with Crippen molar-refractivity contribution < 1.29 is 5.11 Å². The van der Waals surface area contributed by atoms with Crippen LogP contribution in [0.3, 0.4) is 0 Å². The summed E-state index contributed by atoms with van der Waals surface area (Å²) < 4.78 is 0. The largest absolute Gasteiger partial charge is 0.508 e. The molecule has 0 fully saturated rings. The highest BCUT2D eigenvalue weighted by molar-refractivity contribution is 7.80. The van der Waals surface area contributed by atoms with Crippen molar-refractivity contribution >= 4 is 23.0 Å². The number of rotatable bonds is 2. The molecule has 1 rings (SSSR count). The Labute approximate surface area is 115 Å². The Balaban J connectivity index is 2.75. The van der Waals surface area contributed by atoms with Crippen LogP contribution in [0.25, 0.3) is 0 Å². The average molecular weight is 266 g/mol. The molecule has 1 aromatic rings. The summed E-state index contributed by atoms with van der Waals surface area (Å²) in [5.74, 6) is 0.604. The summed E-state index contributed by atoms with van der Waals surface area (Å²) in [6, 6.07) is 5.54. The average Bonchev–Trinajstić information content (AvgIpc) is 2.13. The van der Waals surface area contributed by atoms with Crippen molar-refractivity contribution in [1.29, 1.82) is 0 Å². The van der Waals surface area contributed by atoms with Gasteiger partial charge in [-0.2, -0.15) is 0 Å². The predicted molar refractivity (Wildman–Crippen MR) is 81.3 cm³/mol. The van der Waals surface area contributed by atoms with Gasteiger partial charge in [0.2, 0.25) is 0 Å². The summed E-state index contributed by atoms with van der Waals surface area (Å²) in [6.45, 7) is 10.2. The maximum absolute atomic E-state index is 9.90. The number of nitrogens with one attached hydrogen (secondary N) is 2. The molecule has 0 aliphatic heterocycles. The number of anilines is 1. The summed E-state index contributed by atoms with van der Waals surface area (Å²) in [6.07, 6.45) is 0. The van der Waals surface area contributed by atoms with E-state index in [0.29, 0.717) is 16.8 Å². The molecule has 0 radical (unpaired) electrons. The monoisotopic (exact) mass is 266 g/mol. The third-order valence-electron chi connectivity index (χ3n) is 2.40. The zero-order valence-electron chi connectivity index (χ0n) is 11.7. The van der Waals surface area contributed by atoms with E-state index in [0.717, 1.165) is 11.3 Å². The first kappa shape index (κ1) is 14.8. The lowest BCUT2D eigenvalue weighted by molar-refractivity contribution is 0.465. The van der Waals surface area contributed by atoms with Gasteiger partial charge in [0.25, 0.3) is 0 Å². The molecule has 100 valence electrons. The first-order chi connectivity index (χ1) is 8.19. The SMILES string of the molecule is CC(C)c1ccc(NC(=S)NC(C)(C)C)cc1O. The third kappa shape index (κ3) is 4.53. The molecule has 1 aromatic carbocycles. The van der Waals surface area contributed by atoms with Crippen LogP contribution in [-0.4, -0.2) is 15.8 Å². The Hall–Kier alpha value is -1.29. The Kier molecular flexibility index (Phi) is 4.57. The number of phenolic OH excluding ortho intramolecular Hbond substituents is 1. The van der Waals surface area contributed by atoms with Crippen molar-refractivity contribution in [2.75, 3.05) is 5.32 Å². The maximum atomic E-state index is 9.90. The van der Waals surface area contributed by atoms with E-state index >= 15 is 0 Å². The molecule has 0 unspecified atom stereocenters. The Morgan fingerprint density at radius 1 is 1.28 bits per heavy atom. The topological polar surface area (TPSA) is 44.3 Å². The fourth-order valence-electron chi connectivity index (χ4n) is 1.61. The van der Waals surface area contributed by atoms with E-state index in [9.17, 15) is 5.11 Å². The van der Waals surface area contributed by atoms with Gasteiger partial charge in [-0.15, -0.1) is 0 Å². The van der Waals surface area contributed by atoms with Crippen LogP contribution in [0.2, 0.25) is 0 Å². The van der Waals surface area contributed by atoms with Crippen molar-refractivity contribution in [2.45, 2.75) is 46.1 Å². The van der Waals surface area contributed by atoms with Gasteiger partial charge in [-0.1, -0.05) is 19.9 Å². The lowest BCUT2D eigenvalue weighted by Gasteiger charge is -2.23. The van der Waals surface area contributed by atoms with Crippen molar-refractivity contribution in [1.82, 2.24) is 5.32 Å². The maximum Gasteiger partial charge on any atom is 0.171 e. The number of hydrogen-bond acceptors (Lipinski definition) is 2. The van der Waals surface area contributed by atoms with Crippen LogP contribution in [0.1, 0.15) is 46.1 Å². The van der Waals surface area contributed by atoms with Crippen LogP contribution >= 0.6 is 12.2 Å². The van der Waals surface area contributed by atoms with Gasteiger partial charge in [0, 0.05) is 17.3 Å². The summed E-state index contributed by atoms with van der Waals surface area (Å²) in [5, 5.41) is 16.7. The highest BCUT2D eigenvalue weighted by Gasteiger charge is 2.12. The Bertz CT molecular complexity index is 436. The van der Waals surface area contributed by atoms with Crippen LogP contribution in [-0.2, 0) is 0 Å². The van der Waals surface area contributed by atoms with Crippen LogP contribution in [0.4, 0.5) is 5.69 Å². The molecule has 0 saturated carbocycles. The van der Waals surface area contributed by atoms with E-state index < -0.39 is 0 Å². The molecule has 0 aliphatic rings. The molecule has 0 saturated heterocycles. The molecule has 18 heavy (non-hydrogen) atoms. The van der Waals surface area contributed by atoms with Gasteiger partial charge in [0.05, 0.1) is 0 Å². The number of hydrogen-bond donors (Lipinski definition) is 3. The molecule has 0 heterocycles. The molecule has 0 aliphatic carbocycles. The smallest absolute Gasteiger partial charge is 0.171 e. The van der Waals surface area contributed by atoms with Gasteiger partial charge in [0.1, 0.15) is 5.75 Å². The second-order valence-electron chi connectivity index (χ2n) is 5.76. The minimum atomic E-state index is -0.0794. The van der Waals surface area contributed by atoms with E-state index in [1.165, 1.54) is 0 Å². The van der Waals surface area contributed by atoms with Gasteiger partial charge in [-0.05, 0) is 50.5 Å². The van der Waals surface area contributed by atoms with Crippen LogP contribution in [0.15, 0.2) is 18.2 Å². The van der Waals surface area contributed by atoms with E-state index in [1.54, 1.807) is 6.07 Å². The fourth-order valence-corrected chi connectivity index (χ4v) is 2.04. The molecule has 0 amide bonds. The van der Waals surface area contributed by atoms with Crippen molar-refractivity contribution in [3.05, 3.63) is 23.8 Å². The molecule has 4 heteroatoms. The quantitative estimate of drug-likeness (QED) is 0.716. The number of benzene rings is 1. The number of aromatic hydroxyl groups is 1. The zero-order valence-corrected chi connectivity index (χ0v) is 12.5. The first-order valence-electron chi connectivity index (χ1n) is 6.11. The van der Waals surface area contributed by atoms with Crippen molar-refractivity contribution in [3.8, 4) is 5.75 Å². The molecular weight excluding hydrogens is 244 g/mol. The predicted octanol–water partition coefficient (Wildman–Crippen LogP) is 3.60. The van der Waals surface area contributed by atoms with Gasteiger partial charge in [-0.25, -0.2) is 0 Å². The van der Waals surface area contributed by atoms with E-state index in [-0.39, 0.29) is 5.54 Å². The van der Waals surface area contributed by atoms with Gasteiger partial charge >= 0.3 is 0 Å². The van der Waals surface area contributed by atoms with E-state index in [2.05, 4.69) is 10.6 Å². The van der Waals surface area contributed by atoms with Crippen LogP contribution in [0, 0.1) is 0 Å². The third-order valence-corrected chi connectivity index (χ3v) is 2.60. The van der Waals surface area contributed by atoms with Crippen molar-refractivity contribution in [2.24, 2.45) is 0 Å². The van der Waals surface area contributed by atoms with Crippen LogP contribution in [0.5, 0.6) is 5.75 Å². The number of phenols is 1. The summed E-state index contributed by atoms with van der Waals surface area (Å²) in [7, 11) is 0. The fraction of sp³-hybridized carbons (Fsp3) is 0.500. The highest BCUT2D eigenvalue weighted by atomic mass is 32.1. The van der Waals surface area contributed by atoms with Crippen molar-refractivity contribution in [3.63, 3.8) is 0 Å². The Morgan fingerprint density at radius 3 is 2.33 bits per heavy atom. The van der Waals surface area contributed by atoms with Gasteiger partial charge in [0.15, 0.2) is 5.11 Å².